The maximum Gasteiger partial charge on any atom is 0.0741 e. The van der Waals surface area contributed by atoms with Crippen molar-refractivity contribution in [3.8, 4) is 11.1 Å². The lowest BCUT2D eigenvalue weighted by molar-refractivity contribution is 1.35. The fraction of sp³-hybridized carbons (Fsp3) is 0.0625. The summed E-state index contributed by atoms with van der Waals surface area (Å²) < 4.78 is 0. The average molecular weight is 260 g/mol. The predicted octanol–water partition coefficient (Wildman–Crippen LogP) is 5.15. The largest absolute Gasteiger partial charge is 0.256 e. The molecular formula is C16H12N4. The summed E-state index contributed by atoms with van der Waals surface area (Å²) in [6.07, 6.45) is 1.79. The number of aromatic nitrogens is 1. The van der Waals surface area contributed by atoms with Crippen molar-refractivity contribution in [1.82, 2.24) is 4.98 Å². The molecule has 4 nitrogen and oxygen atoms in total. The van der Waals surface area contributed by atoms with E-state index >= 15 is 0 Å². The molecule has 96 valence electrons. The summed E-state index contributed by atoms with van der Waals surface area (Å²) in [6, 6.07) is 15.8. The molecule has 1 heterocycles. The second-order valence-electron chi connectivity index (χ2n) is 4.54. The Labute approximate surface area is 116 Å². The number of hydrogen-bond donors (Lipinski definition) is 0. The normalized spacial score (nSPS) is 10.2. The Hall–Kier alpha value is -2.84. The number of nitrogens with zero attached hydrogens (tertiary/aromatic N) is 4. The van der Waals surface area contributed by atoms with Crippen LogP contribution in [0.3, 0.4) is 0 Å². The zero-order valence-corrected chi connectivity index (χ0v) is 11.0. The van der Waals surface area contributed by atoms with Gasteiger partial charge < -0.3 is 0 Å². The van der Waals surface area contributed by atoms with Gasteiger partial charge in [0.1, 0.15) is 0 Å². The minimum atomic E-state index is 0.611. The summed E-state index contributed by atoms with van der Waals surface area (Å²) in [5.74, 6) is 0. The highest BCUT2D eigenvalue weighted by atomic mass is 15.1. The Balaban J connectivity index is 2.44. The molecule has 0 spiro atoms. The highest BCUT2D eigenvalue weighted by molar-refractivity contribution is 6.03. The molecule has 20 heavy (non-hydrogen) atoms. The number of azide groups is 1. The van der Waals surface area contributed by atoms with Crippen molar-refractivity contribution in [2.75, 3.05) is 0 Å². The molecule has 0 N–H and O–H groups in total. The molecule has 3 aromatic rings. The van der Waals surface area contributed by atoms with Crippen LogP contribution in [-0.2, 0) is 0 Å². The molecule has 0 amide bonds. The average Bonchev–Trinajstić information content (AvgIpc) is 2.51. The van der Waals surface area contributed by atoms with Gasteiger partial charge in [0.25, 0.3) is 0 Å². The molecule has 0 atom stereocenters. The first-order valence-corrected chi connectivity index (χ1v) is 6.30. The first kappa shape index (κ1) is 12.2. The Bertz CT molecular complexity index is 819. The lowest BCUT2D eigenvalue weighted by atomic mass is 9.98. The second-order valence-corrected chi connectivity index (χ2v) is 4.54. The zero-order chi connectivity index (χ0) is 13.9. The van der Waals surface area contributed by atoms with Crippen LogP contribution in [0.5, 0.6) is 0 Å². The topological polar surface area (TPSA) is 61.7 Å². The molecule has 0 aliphatic carbocycles. The number of pyridine rings is 1. The lowest BCUT2D eigenvalue weighted by Gasteiger charge is -2.10. The molecule has 1 aromatic heterocycles. The third-order valence-electron chi connectivity index (χ3n) is 3.31. The van der Waals surface area contributed by atoms with Gasteiger partial charge in [-0.3, -0.25) is 4.98 Å². The minimum absolute atomic E-state index is 0.611. The highest BCUT2D eigenvalue weighted by Crippen LogP contribution is 2.35. The first-order chi connectivity index (χ1) is 9.81. The van der Waals surface area contributed by atoms with Crippen LogP contribution in [0.15, 0.2) is 59.8 Å². The Morgan fingerprint density at radius 1 is 1.05 bits per heavy atom. The Morgan fingerprint density at radius 2 is 1.85 bits per heavy atom. The number of hydrogen-bond acceptors (Lipinski definition) is 2. The third kappa shape index (κ3) is 1.98. The van der Waals surface area contributed by atoms with E-state index in [1.807, 2.05) is 55.5 Å². The fourth-order valence-electron chi connectivity index (χ4n) is 2.38. The molecule has 0 unspecified atom stereocenters. The van der Waals surface area contributed by atoms with Crippen LogP contribution in [0.25, 0.3) is 32.5 Å². The van der Waals surface area contributed by atoms with Gasteiger partial charge in [0.2, 0.25) is 0 Å². The minimum Gasteiger partial charge on any atom is -0.256 e. The summed E-state index contributed by atoms with van der Waals surface area (Å²) >= 11 is 0. The van der Waals surface area contributed by atoms with Gasteiger partial charge in [0.15, 0.2) is 0 Å². The van der Waals surface area contributed by atoms with Crippen molar-refractivity contribution in [2.24, 2.45) is 5.11 Å². The molecule has 4 heteroatoms. The predicted molar refractivity (Wildman–Crippen MR) is 80.7 cm³/mol. The summed E-state index contributed by atoms with van der Waals surface area (Å²) in [5, 5.41) is 4.70. The van der Waals surface area contributed by atoms with Crippen LogP contribution >= 0.6 is 0 Å². The quantitative estimate of drug-likeness (QED) is 0.357. The monoisotopic (exact) mass is 260 g/mol. The summed E-state index contributed by atoms with van der Waals surface area (Å²) in [5.41, 5.74) is 13.4. The van der Waals surface area contributed by atoms with Gasteiger partial charge in [0.05, 0.1) is 5.52 Å². The SMILES string of the molecule is Cc1ccc(N=[N+]=[N-])c2c(-c3ccccc3)ccnc12. The van der Waals surface area contributed by atoms with Gasteiger partial charge in [-0.15, -0.1) is 0 Å². The molecule has 0 aliphatic rings. The third-order valence-corrected chi connectivity index (χ3v) is 3.31. The smallest absolute Gasteiger partial charge is 0.0741 e. The molecule has 0 radical (unpaired) electrons. The zero-order valence-electron chi connectivity index (χ0n) is 11.0. The van der Waals surface area contributed by atoms with Gasteiger partial charge in [-0.25, -0.2) is 0 Å². The molecule has 0 saturated carbocycles. The van der Waals surface area contributed by atoms with E-state index in [-0.39, 0.29) is 0 Å². The van der Waals surface area contributed by atoms with Gasteiger partial charge in [0, 0.05) is 22.2 Å². The Morgan fingerprint density at radius 3 is 2.60 bits per heavy atom. The fourth-order valence-corrected chi connectivity index (χ4v) is 2.38. The Kier molecular flexibility index (Phi) is 3.07. The lowest BCUT2D eigenvalue weighted by Crippen LogP contribution is -1.87. The van der Waals surface area contributed by atoms with E-state index in [4.69, 9.17) is 5.53 Å². The number of aryl methyl sites for hydroxylation is 1. The van der Waals surface area contributed by atoms with E-state index in [0.717, 1.165) is 27.6 Å². The van der Waals surface area contributed by atoms with Crippen LogP contribution in [0.2, 0.25) is 0 Å². The van der Waals surface area contributed by atoms with E-state index in [9.17, 15) is 0 Å². The van der Waals surface area contributed by atoms with Crippen molar-refractivity contribution in [3.63, 3.8) is 0 Å². The number of rotatable bonds is 2. The van der Waals surface area contributed by atoms with E-state index in [1.165, 1.54) is 0 Å². The molecule has 0 bridgehead atoms. The van der Waals surface area contributed by atoms with Crippen LogP contribution in [0.1, 0.15) is 5.56 Å². The van der Waals surface area contributed by atoms with E-state index in [0.29, 0.717) is 5.69 Å². The van der Waals surface area contributed by atoms with Crippen LogP contribution < -0.4 is 0 Å². The molecule has 2 aromatic carbocycles. The molecule has 0 fully saturated rings. The van der Waals surface area contributed by atoms with Crippen LogP contribution in [0, 0.1) is 6.92 Å². The summed E-state index contributed by atoms with van der Waals surface area (Å²) in [7, 11) is 0. The van der Waals surface area contributed by atoms with Crippen LogP contribution in [0.4, 0.5) is 5.69 Å². The van der Waals surface area contributed by atoms with Gasteiger partial charge >= 0.3 is 0 Å². The molecule has 3 rings (SSSR count). The number of benzene rings is 2. The number of fused-ring (bicyclic) bond motifs is 1. The van der Waals surface area contributed by atoms with E-state index < -0.39 is 0 Å². The molecule has 0 aliphatic heterocycles. The van der Waals surface area contributed by atoms with E-state index in [2.05, 4.69) is 15.0 Å². The van der Waals surface area contributed by atoms with E-state index in [1.54, 1.807) is 6.20 Å². The maximum atomic E-state index is 8.75. The first-order valence-electron chi connectivity index (χ1n) is 6.30. The van der Waals surface area contributed by atoms with Gasteiger partial charge in [-0.05, 0) is 35.2 Å². The molecular weight excluding hydrogens is 248 g/mol. The van der Waals surface area contributed by atoms with Gasteiger partial charge in [-0.1, -0.05) is 47.6 Å². The van der Waals surface area contributed by atoms with Crippen molar-refractivity contribution >= 4 is 16.6 Å². The highest BCUT2D eigenvalue weighted by Gasteiger charge is 2.10. The van der Waals surface area contributed by atoms with Crippen molar-refractivity contribution < 1.29 is 0 Å². The van der Waals surface area contributed by atoms with Crippen LogP contribution in [-0.4, -0.2) is 4.98 Å². The maximum absolute atomic E-state index is 8.75. The van der Waals surface area contributed by atoms with Crippen molar-refractivity contribution in [2.45, 2.75) is 6.92 Å². The van der Waals surface area contributed by atoms with Crippen molar-refractivity contribution in [1.29, 1.82) is 0 Å². The molecule has 0 saturated heterocycles. The summed E-state index contributed by atoms with van der Waals surface area (Å²) in [6.45, 7) is 2.00. The second kappa shape index (κ2) is 5.03. The van der Waals surface area contributed by atoms with Crippen molar-refractivity contribution in [3.05, 3.63) is 70.7 Å². The van der Waals surface area contributed by atoms with Gasteiger partial charge in [-0.2, -0.15) is 0 Å². The summed E-state index contributed by atoms with van der Waals surface area (Å²) in [4.78, 5) is 7.34. The standard InChI is InChI=1S/C16H12N4/c1-11-7-8-14(19-20-17)15-13(9-10-18-16(11)15)12-5-3-2-4-6-12/h2-10H,1H3.